The fourth-order valence-electron chi connectivity index (χ4n) is 1.39. The molecule has 1 aromatic heterocycles. The zero-order chi connectivity index (χ0) is 12.5. The average molecular weight is 271 g/mol. The molecule has 0 spiro atoms. The Balaban J connectivity index is 2.40. The minimum atomic E-state index is -3.24. The lowest BCUT2D eigenvalue weighted by Crippen LogP contribution is -2.03. The maximum atomic E-state index is 11.6. The molecule has 1 aromatic carbocycles. The molecule has 1 heterocycles. The lowest BCUT2D eigenvalue weighted by atomic mass is 10.2. The second-order valence-corrected chi connectivity index (χ2v) is 6.21. The third kappa shape index (κ3) is 2.50. The van der Waals surface area contributed by atoms with Crippen LogP contribution in [0.25, 0.3) is 11.3 Å². The Kier molecular flexibility index (Phi) is 3.22. The number of aromatic nitrogens is 2. The normalized spacial score (nSPS) is 11.6. The minimum absolute atomic E-state index is 0.0508. The van der Waals surface area contributed by atoms with Crippen molar-refractivity contribution >= 4 is 21.4 Å². The van der Waals surface area contributed by atoms with Crippen LogP contribution in [-0.4, -0.2) is 24.4 Å². The smallest absolute Gasteiger partial charge is 0.194 e. The quantitative estimate of drug-likeness (QED) is 0.932. The number of hydrogen-bond acceptors (Lipinski definition) is 3. The van der Waals surface area contributed by atoms with Crippen LogP contribution in [-0.2, 0) is 9.84 Å². The molecule has 90 valence electrons. The SMILES string of the molecule is CCS(=O)(=O)c1cc(-c2ccc(Cl)cc2)n[nH]1. The van der Waals surface area contributed by atoms with Crippen LogP contribution >= 0.6 is 11.6 Å². The molecular weight excluding hydrogens is 260 g/mol. The molecule has 0 atom stereocenters. The van der Waals surface area contributed by atoms with Gasteiger partial charge in [0.15, 0.2) is 14.9 Å². The Morgan fingerprint density at radius 2 is 1.94 bits per heavy atom. The fourth-order valence-corrected chi connectivity index (χ4v) is 2.30. The van der Waals surface area contributed by atoms with Crippen LogP contribution in [0.1, 0.15) is 6.92 Å². The van der Waals surface area contributed by atoms with Crippen molar-refractivity contribution in [3.63, 3.8) is 0 Å². The van der Waals surface area contributed by atoms with E-state index >= 15 is 0 Å². The Labute approximate surface area is 105 Å². The summed E-state index contributed by atoms with van der Waals surface area (Å²) in [5, 5.41) is 7.30. The highest BCUT2D eigenvalue weighted by molar-refractivity contribution is 7.91. The van der Waals surface area contributed by atoms with Gasteiger partial charge in [-0.05, 0) is 12.1 Å². The Bertz CT molecular complexity index is 617. The second-order valence-electron chi connectivity index (χ2n) is 3.53. The number of nitrogens with one attached hydrogen (secondary N) is 1. The van der Waals surface area contributed by atoms with Crippen LogP contribution < -0.4 is 0 Å². The van der Waals surface area contributed by atoms with Crippen molar-refractivity contribution < 1.29 is 8.42 Å². The van der Waals surface area contributed by atoms with E-state index in [0.717, 1.165) is 5.56 Å². The number of benzene rings is 1. The van der Waals surface area contributed by atoms with Crippen LogP contribution in [0.5, 0.6) is 0 Å². The number of nitrogens with zero attached hydrogens (tertiary/aromatic N) is 1. The summed E-state index contributed by atoms with van der Waals surface area (Å²) >= 11 is 5.78. The minimum Gasteiger partial charge on any atom is -0.267 e. The molecule has 2 aromatic rings. The number of sulfone groups is 1. The van der Waals surface area contributed by atoms with Gasteiger partial charge in [0.05, 0.1) is 11.4 Å². The van der Waals surface area contributed by atoms with Crippen LogP contribution in [0, 0.1) is 0 Å². The van der Waals surface area contributed by atoms with Crippen LogP contribution in [0.4, 0.5) is 0 Å². The molecule has 1 N–H and O–H groups in total. The molecule has 0 saturated carbocycles. The first kappa shape index (κ1) is 12.1. The van der Waals surface area contributed by atoms with Crippen LogP contribution in [0.2, 0.25) is 5.02 Å². The first-order valence-electron chi connectivity index (χ1n) is 5.07. The molecule has 0 bridgehead atoms. The molecule has 0 unspecified atom stereocenters. The van der Waals surface area contributed by atoms with Gasteiger partial charge < -0.3 is 0 Å². The van der Waals surface area contributed by atoms with Crippen LogP contribution in [0.15, 0.2) is 35.4 Å². The summed E-state index contributed by atoms with van der Waals surface area (Å²) in [7, 11) is -3.24. The zero-order valence-corrected chi connectivity index (χ0v) is 10.7. The molecule has 0 fully saturated rings. The summed E-state index contributed by atoms with van der Waals surface area (Å²) in [5.74, 6) is 0.0508. The third-order valence-corrected chi connectivity index (χ3v) is 4.30. The van der Waals surface area contributed by atoms with Gasteiger partial charge in [0.1, 0.15) is 0 Å². The molecule has 0 aliphatic rings. The summed E-state index contributed by atoms with van der Waals surface area (Å²) in [6.07, 6.45) is 0. The Morgan fingerprint density at radius 1 is 1.29 bits per heavy atom. The third-order valence-electron chi connectivity index (χ3n) is 2.41. The van der Waals surface area contributed by atoms with E-state index in [2.05, 4.69) is 10.2 Å². The molecule has 0 aliphatic carbocycles. The highest BCUT2D eigenvalue weighted by atomic mass is 35.5. The lowest BCUT2D eigenvalue weighted by Gasteiger charge is -1.95. The van der Waals surface area contributed by atoms with Crippen molar-refractivity contribution in [1.29, 1.82) is 0 Å². The first-order chi connectivity index (χ1) is 8.03. The molecular formula is C11H11ClN2O2S. The molecule has 2 rings (SSSR count). The van der Waals surface area contributed by atoms with E-state index in [-0.39, 0.29) is 10.8 Å². The maximum absolute atomic E-state index is 11.6. The summed E-state index contributed by atoms with van der Waals surface area (Å²) in [6.45, 7) is 1.60. The van der Waals surface area contributed by atoms with Crippen molar-refractivity contribution in [1.82, 2.24) is 10.2 Å². The zero-order valence-electron chi connectivity index (χ0n) is 9.14. The van der Waals surface area contributed by atoms with Gasteiger partial charge in [0.2, 0.25) is 0 Å². The van der Waals surface area contributed by atoms with Crippen LogP contribution in [0.3, 0.4) is 0 Å². The number of aromatic amines is 1. The van der Waals surface area contributed by atoms with Gasteiger partial charge in [-0.3, -0.25) is 5.10 Å². The fraction of sp³-hybridized carbons (Fsp3) is 0.182. The first-order valence-corrected chi connectivity index (χ1v) is 7.10. The van der Waals surface area contributed by atoms with E-state index in [0.29, 0.717) is 10.7 Å². The van der Waals surface area contributed by atoms with Crippen molar-refractivity contribution in [2.24, 2.45) is 0 Å². The van der Waals surface area contributed by atoms with Crippen molar-refractivity contribution in [3.8, 4) is 11.3 Å². The van der Waals surface area contributed by atoms with E-state index < -0.39 is 9.84 Å². The number of hydrogen-bond donors (Lipinski definition) is 1. The Hall–Kier alpha value is -1.33. The van der Waals surface area contributed by atoms with Gasteiger partial charge in [-0.15, -0.1) is 0 Å². The summed E-state index contributed by atoms with van der Waals surface area (Å²) in [6, 6.07) is 8.59. The van der Waals surface area contributed by atoms with E-state index in [1.807, 2.05) is 0 Å². The summed E-state index contributed by atoms with van der Waals surface area (Å²) < 4.78 is 23.2. The highest BCUT2D eigenvalue weighted by Crippen LogP contribution is 2.21. The molecule has 6 heteroatoms. The van der Waals surface area contributed by atoms with Crippen molar-refractivity contribution in [2.75, 3.05) is 5.75 Å². The van der Waals surface area contributed by atoms with E-state index in [1.54, 1.807) is 31.2 Å². The van der Waals surface area contributed by atoms with Gasteiger partial charge in [0.25, 0.3) is 0 Å². The molecule has 17 heavy (non-hydrogen) atoms. The predicted molar refractivity (Wildman–Crippen MR) is 66.8 cm³/mol. The van der Waals surface area contributed by atoms with Crippen molar-refractivity contribution in [3.05, 3.63) is 35.4 Å². The average Bonchev–Trinajstić information content (AvgIpc) is 2.80. The maximum Gasteiger partial charge on any atom is 0.194 e. The molecule has 0 saturated heterocycles. The van der Waals surface area contributed by atoms with E-state index in [4.69, 9.17) is 11.6 Å². The molecule has 0 amide bonds. The number of H-pyrrole nitrogens is 1. The monoisotopic (exact) mass is 270 g/mol. The largest absolute Gasteiger partial charge is 0.267 e. The second kappa shape index (κ2) is 4.50. The van der Waals surface area contributed by atoms with E-state index in [9.17, 15) is 8.42 Å². The molecule has 0 radical (unpaired) electrons. The highest BCUT2D eigenvalue weighted by Gasteiger charge is 2.15. The molecule has 4 nitrogen and oxygen atoms in total. The lowest BCUT2D eigenvalue weighted by molar-refractivity contribution is 0.593. The number of halogens is 1. The predicted octanol–water partition coefficient (Wildman–Crippen LogP) is 2.52. The standard InChI is InChI=1S/C11H11ClN2O2S/c1-2-17(15,16)11-7-10(13-14-11)8-3-5-9(12)6-4-8/h3-7H,2H2,1H3,(H,13,14). The summed E-state index contributed by atoms with van der Waals surface area (Å²) in [5.41, 5.74) is 1.41. The van der Waals surface area contributed by atoms with Gasteiger partial charge in [-0.2, -0.15) is 5.10 Å². The van der Waals surface area contributed by atoms with E-state index in [1.165, 1.54) is 6.07 Å². The number of rotatable bonds is 3. The van der Waals surface area contributed by atoms with Gasteiger partial charge in [-0.1, -0.05) is 30.7 Å². The van der Waals surface area contributed by atoms with Gasteiger partial charge in [-0.25, -0.2) is 8.42 Å². The topological polar surface area (TPSA) is 62.8 Å². The molecule has 0 aliphatic heterocycles. The summed E-state index contributed by atoms with van der Waals surface area (Å²) in [4.78, 5) is 0. The van der Waals surface area contributed by atoms with Gasteiger partial charge >= 0.3 is 0 Å². The van der Waals surface area contributed by atoms with Crippen molar-refractivity contribution in [2.45, 2.75) is 11.9 Å². The van der Waals surface area contributed by atoms with Gasteiger partial charge in [0, 0.05) is 16.7 Å². The Morgan fingerprint density at radius 3 is 2.53 bits per heavy atom.